The van der Waals surface area contributed by atoms with Gasteiger partial charge in [-0.1, -0.05) is 93.1 Å². The number of aryl methyl sites for hydroxylation is 2. The van der Waals surface area contributed by atoms with E-state index in [1.165, 1.54) is 50.0 Å². The van der Waals surface area contributed by atoms with Crippen molar-refractivity contribution in [1.82, 2.24) is 14.0 Å². The van der Waals surface area contributed by atoms with Crippen molar-refractivity contribution in [3.8, 4) is 0 Å². The van der Waals surface area contributed by atoms with Gasteiger partial charge in [0.05, 0.1) is 0 Å². The number of hydrogen-bond acceptors (Lipinski definition) is 1. The fourth-order valence-corrected chi connectivity index (χ4v) is 4.69. The quantitative estimate of drug-likeness (QED) is 0.234. The van der Waals surface area contributed by atoms with Crippen molar-refractivity contribution >= 4 is 43.6 Å². The molecule has 0 spiro atoms. The summed E-state index contributed by atoms with van der Waals surface area (Å²) in [5.41, 5.74) is 5.34. The molecule has 2 heterocycles. The van der Waals surface area contributed by atoms with E-state index < -0.39 is 0 Å². The average molecular weight is 494 g/mol. The normalized spacial score (nSPS) is 10.6. The predicted molar refractivity (Wildman–Crippen MR) is 166 cm³/mol. The van der Waals surface area contributed by atoms with Gasteiger partial charge in [0, 0.05) is 56.7 Å². The Balaban J connectivity index is 0.000000165. The van der Waals surface area contributed by atoms with E-state index in [4.69, 9.17) is 0 Å². The highest BCUT2D eigenvalue weighted by Crippen LogP contribution is 2.29. The van der Waals surface area contributed by atoms with Crippen LogP contribution in [0.2, 0.25) is 0 Å². The smallest absolute Gasteiger partial charge is 0.0491 e. The highest BCUT2D eigenvalue weighted by Gasteiger charge is 2.08. The van der Waals surface area contributed by atoms with Crippen molar-refractivity contribution in [3.63, 3.8) is 0 Å². The second kappa shape index (κ2) is 13.7. The van der Waals surface area contributed by atoms with Gasteiger partial charge >= 0.3 is 0 Å². The van der Waals surface area contributed by atoms with Crippen molar-refractivity contribution in [1.29, 1.82) is 0 Å². The maximum absolute atomic E-state index is 2.37. The highest BCUT2D eigenvalue weighted by atomic mass is 15.0. The molecule has 4 aromatic carbocycles. The molecule has 37 heavy (non-hydrogen) atoms. The number of nitrogens with zero attached hydrogens (tertiary/aromatic N) is 3. The van der Waals surface area contributed by atoms with E-state index in [-0.39, 0.29) is 0 Å². The number of aromatic nitrogens is 2. The molecular formula is C34H43N3. The second-order valence-corrected chi connectivity index (χ2v) is 9.61. The monoisotopic (exact) mass is 493 g/mol. The first-order valence-corrected chi connectivity index (χ1v) is 13.5. The zero-order valence-corrected chi connectivity index (χ0v) is 23.7. The zero-order valence-electron chi connectivity index (χ0n) is 23.7. The Labute approximate surface area is 222 Å². The first kappa shape index (κ1) is 28.0. The van der Waals surface area contributed by atoms with Crippen molar-refractivity contribution in [2.24, 2.45) is 0 Å². The van der Waals surface area contributed by atoms with Gasteiger partial charge in [0.2, 0.25) is 0 Å². The molecule has 0 radical (unpaired) electrons. The number of rotatable bonds is 2. The lowest BCUT2D eigenvalue weighted by Gasteiger charge is -2.01. The lowest BCUT2D eigenvalue weighted by Crippen LogP contribution is -1.99. The Morgan fingerprint density at radius 1 is 0.432 bits per heavy atom. The van der Waals surface area contributed by atoms with Gasteiger partial charge in [-0.15, -0.1) is 0 Å². The summed E-state index contributed by atoms with van der Waals surface area (Å²) in [6, 6.07) is 34.4. The van der Waals surface area contributed by atoms with Gasteiger partial charge in [0.15, 0.2) is 0 Å². The number of benzene rings is 4. The maximum atomic E-state index is 2.37. The van der Waals surface area contributed by atoms with Crippen LogP contribution in [0.4, 0.5) is 0 Å². The first-order chi connectivity index (χ1) is 18.0. The van der Waals surface area contributed by atoms with Crippen LogP contribution in [0.5, 0.6) is 0 Å². The molecule has 6 aromatic rings. The van der Waals surface area contributed by atoms with Crippen LogP contribution < -0.4 is 0 Å². The molecule has 0 bridgehead atoms. The van der Waals surface area contributed by atoms with Crippen molar-refractivity contribution in [2.75, 3.05) is 21.1 Å². The third-order valence-corrected chi connectivity index (χ3v) is 5.99. The molecule has 3 heteroatoms. The Morgan fingerprint density at radius 2 is 0.622 bits per heavy atom. The Hall–Kier alpha value is -3.56. The van der Waals surface area contributed by atoms with Gasteiger partial charge in [-0.05, 0) is 59.3 Å². The van der Waals surface area contributed by atoms with Crippen LogP contribution in [0.1, 0.15) is 34.1 Å². The average Bonchev–Trinajstić information content (AvgIpc) is 3.42. The summed E-state index contributed by atoms with van der Waals surface area (Å²) in [4.78, 5) is 2.00. The first-order valence-electron chi connectivity index (χ1n) is 13.5. The molecule has 0 aliphatic heterocycles. The van der Waals surface area contributed by atoms with E-state index in [1.54, 1.807) is 0 Å². The Kier molecular flexibility index (Phi) is 10.3. The molecule has 0 saturated heterocycles. The van der Waals surface area contributed by atoms with E-state index in [1.807, 2.05) is 26.0 Å². The topological polar surface area (TPSA) is 13.1 Å². The SMILES string of the molecule is CCC.CCn1c2ccccc2c2ccccc21.CCn1c2ccccc2c2ccccc21.CN(C)C. The van der Waals surface area contributed by atoms with E-state index in [9.17, 15) is 0 Å². The lowest BCUT2D eigenvalue weighted by atomic mass is 10.2. The minimum atomic E-state index is 1.02. The molecule has 0 amide bonds. The molecule has 0 atom stereocenters. The largest absolute Gasteiger partial charge is 0.341 e. The molecule has 0 unspecified atom stereocenters. The van der Waals surface area contributed by atoms with Crippen LogP contribution in [0.3, 0.4) is 0 Å². The second-order valence-electron chi connectivity index (χ2n) is 9.61. The van der Waals surface area contributed by atoms with Gasteiger partial charge in [-0.3, -0.25) is 0 Å². The van der Waals surface area contributed by atoms with Crippen molar-refractivity contribution < 1.29 is 0 Å². The Morgan fingerprint density at radius 3 is 0.811 bits per heavy atom. The summed E-state index contributed by atoms with van der Waals surface area (Å²) in [6.45, 7) is 10.7. The van der Waals surface area contributed by atoms with Gasteiger partial charge in [-0.2, -0.15) is 0 Å². The molecule has 0 saturated carbocycles. The molecular weight excluding hydrogens is 450 g/mol. The van der Waals surface area contributed by atoms with Crippen LogP contribution >= 0.6 is 0 Å². The molecule has 194 valence electrons. The summed E-state index contributed by atoms with van der Waals surface area (Å²) in [5, 5.41) is 5.43. The molecule has 0 fully saturated rings. The number of fused-ring (bicyclic) bond motifs is 6. The van der Waals surface area contributed by atoms with Crippen LogP contribution in [-0.4, -0.2) is 35.2 Å². The highest BCUT2D eigenvalue weighted by molar-refractivity contribution is 6.08. The van der Waals surface area contributed by atoms with Crippen LogP contribution in [0.25, 0.3) is 43.6 Å². The van der Waals surface area contributed by atoms with E-state index in [2.05, 4.69) is 134 Å². The van der Waals surface area contributed by atoms with Gasteiger partial charge in [-0.25, -0.2) is 0 Å². The minimum Gasteiger partial charge on any atom is -0.341 e. The fourth-order valence-electron chi connectivity index (χ4n) is 4.69. The molecule has 0 aliphatic rings. The minimum absolute atomic E-state index is 1.02. The van der Waals surface area contributed by atoms with Gasteiger partial charge < -0.3 is 14.0 Å². The summed E-state index contributed by atoms with van der Waals surface area (Å²) >= 11 is 0. The van der Waals surface area contributed by atoms with Crippen LogP contribution in [0, 0.1) is 0 Å². The number of hydrogen-bond donors (Lipinski definition) is 0. The lowest BCUT2D eigenvalue weighted by molar-refractivity contribution is 0.505. The Bertz CT molecular complexity index is 1310. The van der Waals surface area contributed by atoms with Crippen LogP contribution in [-0.2, 0) is 13.1 Å². The van der Waals surface area contributed by atoms with Crippen LogP contribution in [0.15, 0.2) is 97.1 Å². The zero-order chi connectivity index (χ0) is 26.8. The van der Waals surface area contributed by atoms with Gasteiger partial charge in [0.1, 0.15) is 0 Å². The summed E-state index contributed by atoms with van der Waals surface area (Å²) in [6.07, 6.45) is 1.25. The molecule has 0 N–H and O–H groups in total. The number of para-hydroxylation sites is 4. The third kappa shape index (κ3) is 6.42. The summed E-state index contributed by atoms with van der Waals surface area (Å²) < 4.78 is 4.73. The van der Waals surface area contributed by atoms with Gasteiger partial charge in [0.25, 0.3) is 0 Å². The third-order valence-electron chi connectivity index (χ3n) is 5.99. The van der Waals surface area contributed by atoms with E-state index in [0.29, 0.717) is 0 Å². The molecule has 0 aliphatic carbocycles. The molecule has 3 nitrogen and oxygen atoms in total. The molecule has 6 rings (SSSR count). The summed E-state index contributed by atoms with van der Waals surface area (Å²) in [7, 11) is 6.00. The predicted octanol–water partition coefficient (Wildman–Crippen LogP) is 9.22. The fraction of sp³-hybridized carbons (Fsp3) is 0.294. The van der Waals surface area contributed by atoms with Crippen molar-refractivity contribution in [2.45, 2.75) is 47.2 Å². The van der Waals surface area contributed by atoms with E-state index >= 15 is 0 Å². The maximum Gasteiger partial charge on any atom is 0.0491 e. The molecule has 2 aromatic heterocycles. The standard InChI is InChI=1S/2C14H13N.C3H9N.C3H8/c2*1-2-15-13-9-5-3-7-11(13)12-8-4-6-10-14(12)15;1-4(2)3;1-3-2/h2*3-10H,2H2,1H3;1-3H3;3H2,1-2H3. The van der Waals surface area contributed by atoms with E-state index in [0.717, 1.165) is 13.1 Å². The van der Waals surface area contributed by atoms with Crippen molar-refractivity contribution in [3.05, 3.63) is 97.1 Å². The summed E-state index contributed by atoms with van der Waals surface area (Å²) in [5.74, 6) is 0.